The van der Waals surface area contributed by atoms with Gasteiger partial charge in [0.2, 0.25) is 0 Å². The van der Waals surface area contributed by atoms with Gasteiger partial charge in [-0.25, -0.2) is 0 Å². The maximum absolute atomic E-state index is 12.7. The van der Waals surface area contributed by atoms with Crippen molar-refractivity contribution in [3.63, 3.8) is 0 Å². The molecule has 2 aliphatic heterocycles. The summed E-state index contributed by atoms with van der Waals surface area (Å²) in [7, 11) is 4.28. The molecule has 34 heavy (non-hydrogen) atoms. The summed E-state index contributed by atoms with van der Waals surface area (Å²) >= 11 is 0. The molecular weight excluding hydrogens is 426 g/mol. The van der Waals surface area contributed by atoms with E-state index in [1.54, 1.807) is 0 Å². The number of carbonyl (C=O) groups is 2. The van der Waals surface area contributed by atoms with Gasteiger partial charge in [0.25, 0.3) is 0 Å². The lowest BCUT2D eigenvalue weighted by Gasteiger charge is -2.39. The van der Waals surface area contributed by atoms with E-state index >= 15 is 0 Å². The summed E-state index contributed by atoms with van der Waals surface area (Å²) in [4.78, 5) is 32.2. The van der Waals surface area contributed by atoms with Crippen LogP contribution in [0.2, 0.25) is 0 Å². The summed E-state index contributed by atoms with van der Waals surface area (Å²) in [5, 5.41) is 5.62. The second kappa shape index (κ2) is 11.0. The van der Waals surface area contributed by atoms with Crippen LogP contribution in [0, 0.1) is 0 Å². The Balaban J connectivity index is 1.45. The molecule has 0 saturated carbocycles. The van der Waals surface area contributed by atoms with Gasteiger partial charge >= 0.3 is 11.8 Å². The van der Waals surface area contributed by atoms with E-state index in [0.717, 1.165) is 52.0 Å². The Kier molecular flexibility index (Phi) is 7.85. The van der Waals surface area contributed by atoms with Crippen LogP contribution in [0.25, 0.3) is 0 Å². The van der Waals surface area contributed by atoms with Gasteiger partial charge in [-0.1, -0.05) is 31.2 Å². The quantitative estimate of drug-likeness (QED) is 0.645. The molecule has 0 aromatic heterocycles. The monoisotopic (exact) mass is 463 g/mol. The van der Waals surface area contributed by atoms with Crippen LogP contribution in [-0.2, 0) is 22.4 Å². The van der Waals surface area contributed by atoms with Crippen molar-refractivity contribution in [1.82, 2.24) is 15.1 Å². The van der Waals surface area contributed by atoms with Crippen molar-refractivity contribution >= 4 is 23.2 Å². The minimum atomic E-state index is -0.631. The molecule has 2 aliphatic rings. The first kappa shape index (κ1) is 24.2. The number of amides is 2. The molecule has 1 unspecified atom stereocenters. The molecule has 0 aliphatic carbocycles. The van der Waals surface area contributed by atoms with Crippen molar-refractivity contribution in [3.05, 3.63) is 59.2 Å². The molecule has 182 valence electrons. The highest BCUT2D eigenvalue weighted by Crippen LogP contribution is 2.31. The average molecular weight is 464 g/mol. The Hall–Kier alpha value is -2.90. The molecule has 1 fully saturated rings. The van der Waals surface area contributed by atoms with Gasteiger partial charge in [0.1, 0.15) is 0 Å². The van der Waals surface area contributed by atoms with Crippen molar-refractivity contribution in [2.75, 3.05) is 63.6 Å². The van der Waals surface area contributed by atoms with Crippen LogP contribution in [0.3, 0.4) is 0 Å². The second-order valence-corrected chi connectivity index (χ2v) is 9.48. The van der Waals surface area contributed by atoms with Crippen LogP contribution in [0.15, 0.2) is 42.5 Å². The topological polar surface area (TPSA) is 67.9 Å². The zero-order chi connectivity index (χ0) is 24.1. The van der Waals surface area contributed by atoms with Crippen molar-refractivity contribution < 1.29 is 9.59 Å². The van der Waals surface area contributed by atoms with Crippen LogP contribution < -0.4 is 15.5 Å². The number of hydrogen-bond acceptors (Lipinski definition) is 5. The molecule has 0 spiro atoms. The zero-order valence-electron chi connectivity index (χ0n) is 20.6. The van der Waals surface area contributed by atoms with Gasteiger partial charge in [0.05, 0.1) is 6.04 Å². The Bertz CT molecular complexity index is 999. The molecule has 2 aromatic carbocycles. The van der Waals surface area contributed by atoms with E-state index < -0.39 is 11.8 Å². The summed E-state index contributed by atoms with van der Waals surface area (Å²) in [5.41, 5.74) is 5.68. The number of carbonyl (C=O) groups excluding carboxylic acids is 2. The minimum Gasteiger partial charge on any atom is -0.374 e. The molecule has 0 bridgehead atoms. The molecule has 7 nitrogen and oxygen atoms in total. The summed E-state index contributed by atoms with van der Waals surface area (Å²) in [5.74, 6) is -1.23. The average Bonchev–Trinajstić information content (AvgIpc) is 2.85. The fourth-order valence-electron chi connectivity index (χ4n) is 4.89. The molecule has 2 aromatic rings. The highest BCUT2D eigenvalue weighted by atomic mass is 16.2. The summed E-state index contributed by atoms with van der Waals surface area (Å²) in [6, 6.07) is 14.3. The predicted octanol–water partition coefficient (Wildman–Crippen LogP) is 2.67. The first-order valence-electron chi connectivity index (χ1n) is 12.4. The third kappa shape index (κ3) is 5.77. The molecule has 1 atom stereocenters. The Morgan fingerprint density at radius 3 is 2.38 bits per heavy atom. The van der Waals surface area contributed by atoms with Gasteiger partial charge in [-0.3, -0.25) is 14.5 Å². The molecule has 2 N–H and O–H groups in total. The van der Waals surface area contributed by atoms with Crippen LogP contribution >= 0.6 is 0 Å². The number of anilines is 2. The number of fused-ring (bicyclic) bond motifs is 1. The SMILES string of the molecule is CCc1ccc(NC(=O)C(=O)NCC(c2ccc3c(c2)CCCN3C)N2CCN(C)CC2)cc1. The zero-order valence-corrected chi connectivity index (χ0v) is 20.6. The van der Waals surface area contributed by atoms with Crippen LogP contribution in [-0.4, -0.2) is 75.0 Å². The minimum absolute atomic E-state index is 0.0341. The third-order valence-corrected chi connectivity index (χ3v) is 7.10. The van der Waals surface area contributed by atoms with E-state index in [9.17, 15) is 9.59 Å². The standard InChI is InChI=1S/C27H37N5O2/c1-4-20-7-10-23(11-8-20)29-27(34)26(33)28-19-25(32-16-14-30(2)15-17-32)22-9-12-24-21(18-22)6-5-13-31(24)3/h7-12,18,25H,4-6,13-17,19H2,1-3H3,(H,28,33)(H,29,34). The van der Waals surface area contributed by atoms with E-state index in [2.05, 4.69) is 64.6 Å². The first-order chi connectivity index (χ1) is 16.4. The molecule has 2 amide bonds. The Morgan fingerprint density at radius 1 is 0.941 bits per heavy atom. The van der Waals surface area contributed by atoms with Crippen molar-refractivity contribution in [3.8, 4) is 0 Å². The Morgan fingerprint density at radius 2 is 1.68 bits per heavy atom. The number of piperazine rings is 1. The van der Waals surface area contributed by atoms with Crippen LogP contribution in [0.4, 0.5) is 11.4 Å². The van der Waals surface area contributed by atoms with Crippen molar-refractivity contribution in [2.45, 2.75) is 32.2 Å². The van der Waals surface area contributed by atoms with E-state index in [1.165, 1.54) is 22.4 Å². The smallest absolute Gasteiger partial charge is 0.313 e. The number of nitrogens with one attached hydrogen (secondary N) is 2. The van der Waals surface area contributed by atoms with E-state index in [-0.39, 0.29) is 6.04 Å². The van der Waals surface area contributed by atoms with Crippen LogP contribution in [0.1, 0.15) is 36.1 Å². The maximum atomic E-state index is 12.7. The normalized spacial score (nSPS) is 17.7. The molecule has 1 saturated heterocycles. The summed E-state index contributed by atoms with van der Waals surface area (Å²) in [6.45, 7) is 7.42. The van der Waals surface area contributed by atoms with E-state index in [4.69, 9.17) is 0 Å². The van der Waals surface area contributed by atoms with Gasteiger partial charge in [0, 0.05) is 57.7 Å². The van der Waals surface area contributed by atoms with Gasteiger partial charge in [-0.15, -0.1) is 0 Å². The fraction of sp³-hybridized carbons (Fsp3) is 0.481. The molecule has 4 rings (SSSR count). The number of nitrogens with zero attached hydrogens (tertiary/aromatic N) is 3. The highest BCUT2D eigenvalue weighted by Gasteiger charge is 2.27. The van der Waals surface area contributed by atoms with Crippen molar-refractivity contribution in [2.24, 2.45) is 0 Å². The number of benzene rings is 2. The van der Waals surface area contributed by atoms with Crippen molar-refractivity contribution in [1.29, 1.82) is 0 Å². The molecular formula is C27H37N5O2. The van der Waals surface area contributed by atoms with Gasteiger partial charge < -0.3 is 20.4 Å². The number of aryl methyl sites for hydroxylation is 2. The number of rotatable bonds is 6. The highest BCUT2D eigenvalue weighted by molar-refractivity contribution is 6.39. The number of hydrogen-bond donors (Lipinski definition) is 2. The second-order valence-electron chi connectivity index (χ2n) is 9.48. The largest absolute Gasteiger partial charge is 0.374 e. The lowest BCUT2D eigenvalue weighted by atomic mass is 9.95. The molecule has 2 heterocycles. The number of likely N-dealkylation sites (N-methyl/N-ethyl adjacent to an activating group) is 1. The molecule has 7 heteroatoms. The van der Waals surface area contributed by atoms with E-state index in [0.29, 0.717) is 12.2 Å². The maximum Gasteiger partial charge on any atom is 0.313 e. The fourth-order valence-corrected chi connectivity index (χ4v) is 4.89. The lowest BCUT2D eigenvalue weighted by Crippen LogP contribution is -2.49. The lowest BCUT2D eigenvalue weighted by molar-refractivity contribution is -0.136. The molecule has 0 radical (unpaired) electrons. The Labute approximate surface area is 203 Å². The summed E-state index contributed by atoms with van der Waals surface area (Å²) < 4.78 is 0. The van der Waals surface area contributed by atoms with Gasteiger partial charge in [-0.2, -0.15) is 0 Å². The van der Waals surface area contributed by atoms with Gasteiger partial charge in [0.15, 0.2) is 0 Å². The predicted molar refractivity (Wildman–Crippen MR) is 137 cm³/mol. The van der Waals surface area contributed by atoms with Gasteiger partial charge in [-0.05, 0) is 61.2 Å². The van der Waals surface area contributed by atoms with Crippen LogP contribution in [0.5, 0.6) is 0 Å². The summed E-state index contributed by atoms with van der Waals surface area (Å²) in [6.07, 6.45) is 3.16. The first-order valence-corrected chi connectivity index (χ1v) is 12.4. The third-order valence-electron chi connectivity index (χ3n) is 7.10. The van der Waals surface area contributed by atoms with E-state index in [1.807, 2.05) is 24.3 Å².